The van der Waals surface area contributed by atoms with E-state index in [0.717, 1.165) is 30.4 Å². The number of hydrogen-bond donors (Lipinski definition) is 2. The van der Waals surface area contributed by atoms with Gasteiger partial charge in [-0.05, 0) is 31.0 Å². The fourth-order valence-corrected chi connectivity index (χ4v) is 2.55. The molecule has 106 valence electrons. The van der Waals surface area contributed by atoms with Crippen molar-refractivity contribution < 1.29 is 9.53 Å². The zero-order valence-corrected chi connectivity index (χ0v) is 11.4. The summed E-state index contributed by atoms with van der Waals surface area (Å²) in [6.07, 6.45) is 2.21. The van der Waals surface area contributed by atoms with Crippen LogP contribution in [0.25, 0.3) is 10.9 Å². The summed E-state index contributed by atoms with van der Waals surface area (Å²) in [6, 6.07) is 5.38. The number of anilines is 1. The molecule has 1 amide bonds. The van der Waals surface area contributed by atoms with Crippen molar-refractivity contribution in [1.29, 1.82) is 0 Å². The molecule has 1 saturated heterocycles. The molecule has 0 saturated carbocycles. The predicted molar refractivity (Wildman–Crippen MR) is 76.4 cm³/mol. The lowest BCUT2D eigenvalue weighted by Crippen LogP contribution is -2.34. The summed E-state index contributed by atoms with van der Waals surface area (Å²) >= 11 is 0. The molecule has 1 atom stereocenters. The second-order valence-corrected chi connectivity index (χ2v) is 5.20. The number of benzene rings is 1. The second kappa shape index (κ2) is 5.13. The molecular formula is C14H18N4O2. The fourth-order valence-electron chi connectivity index (χ4n) is 2.55. The summed E-state index contributed by atoms with van der Waals surface area (Å²) in [5.41, 5.74) is 7.62. The first kappa shape index (κ1) is 12.9. The number of nitrogens with one attached hydrogen (secondary N) is 1. The maximum atomic E-state index is 12.5. The van der Waals surface area contributed by atoms with Crippen LogP contribution in [0, 0.1) is 0 Å². The Labute approximate surface area is 116 Å². The van der Waals surface area contributed by atoms with Crippen molar-refractivity contribution in [3.63, 3.8) is 0 Å². The highest BCUT2D eigenvalue weighted by atomic mass is 16.5. The standard InChI is InChI=1S/C14H18N4O2/c1-18(8-10-3-2-6-20-10)14(19)13-11-7-9(15)4-5-12(11)16-17-13/h4-5,7,10H,2-3,6,8,15H2,1H3,(H,16,17). The van der Waals surface area contributed by atoms with Crippen molar-refractivity contribution >= 4 is 22.5 Å². The first-order valence-electron chi connectivity index (χ1n) is 6.76. The van der Waals surface area contributed by atoms with E-state index in [1.807, 2.05) is 6.07 Å². The predicted octanol–water partition coefficient (Wildman–Crippen LogP) is 1.40. The van der Waals surface area contributed by atoms with Gasteiger partial charge in [-0.2, -0.15) is 5.10 Å². The number of aromatic amines is 1. The highest BCUT2D eigenvalue weighted by Crippen LogP contribution is 2.20. The van der Waals surface area contributed by atoms with E-state index in [1.165, 1.54) is 0 Å². The highest BCUT2D eigenvalue weighted by Gasteiger charge is 2.23. The maximum Gasteiger partial charge on any atom is 0.274 e. The summed E-state index contributed by atoms with van der Waals surface area (Å²) in [6.45, 7) is 1.38. The molecule has 6 nitrogen and oxygen atoms in total. The van der Waals surface area contributed by atoms with Gasteiger partial charge in [0.15, 0.2) is 5.69 Å². The average Bonchev–Trinajstić information content (AvgIpc) is 3.06. The number of amides is 1. The minimum Gasteiger partial charge on any atom is -0.399 e. The molecule has 1 aliphatic heterocycles. The summed E-state index contributed by atoms with van der Waals surface area (Å²) in [4.78, 5) is 14.1. The van der Waals surface area contributed by atoms with Gasteiger partial charge in [0.05, 0.1) is 11.6 Å². The molecule has 1 aliphatic rings. The molecule has 6 heteroatoms. The lowest BCUT2D eigenvalue weighted by atomic mass is 10.1. The van der Waals surface area contributed by atoms with Gasteiger partial charge >= 0.3 is 0 Å². The van der Waals surface area contributed by atoms with E-state index in [-0.39, 0.29) is 12.0 Å². The number of ether oxygens (including phenoxy) is 1. The zero-order valence-electron chi connectivity index (χ0n) is 11.4. The van der Waals surface area contributed by atoms with Crippen molar-refractivity contribution in [3.8, 4) is 0 Å². The van der Waals surface area contributed by atoms with E-state index in [0.29, 0.717) is 17.9 Å². The lowest BCUT2D eigenvalue weighted by Gasteiger charge is -2.19. The van der Waals surface area contributed by atoms with Gasteiger partial charge in [0.25, 0.3) is 5.91 Å². The first-order valence-corrected chi connectivity index (χ1v) is 6.76. The van der Waals surface area contributed by atoms with E-state index < -0.39 is 0 Å². The number of H-pyrrole nitrogens is 1. The van der Waals surface area contributed by atoms with Crippen LogP contribution < -0.4 is 5.73 Å². The van der Waals surface area contributed by atoms with E-state index in [4.69, 9.17) is 10.5 Å². The number of rotatable bonds is 3. The maximum absolute atomic E-state index is 12.5. The Hall–Kier alpha value is -2.08. The molecule has 0 radical (unpaired) electrons. The number of nitrogen functional groups attached to an aromatic ring is 1. The van der Waals surface area contributed by atoms with E-state index in [9.17, 15) is 4.79 Å². The van der Waals surface area contributed by atoms with Gasteiger partial charge < -0.3 is 15.4 Å². The van der Waals surface area contributed by atoms with Crippen LogP contribution in [0.2, 0.25) is 0 Å². The fraction of sp³-hybridized carbons (Fsp3) is 0.429. The Morgan fingerprint density at radius 3 is 3.20 bits per heavy atom. The van der Waals surface area contributed by atoms with Gasteiger partial charge in [-0.15, -0.1) is 0 Å². The van der Waals surface area contributed by atoms with E-state index in [2.05, 4.69) is 10.2 Å². The van der Waals surface area contributed by atoms with Gasteiger partial charge in [0, 0.05) is 31.3 Å². The van der Waals surface area contributed by atoms with Crippen molar-refractivity contribution in [2.24, 2.45) is 0 Å². The molecule has 20 heavy (non-hydrogen) atoms. The van der Waals surface area contributed by atoms with Gasteiger partial charge in [0.2, 0.25) is 0 Å². The summed E-state index contributed by atoms with van der Waals surface area (Å²) < 4.78 is 5.56. The van der Waals surface area contributed by atoms with Gasteiger partial charge in [-0.3, -0.25) is 9.89 Å². The molecule has 2 heterocycles. The molecule has 3 rings (SSSR count). The molecule has 0 spiro atoms. The zero-order chi connectivity index (χ0) is 14.1. The Morgan fingerprint density at radius 1 is 1.60 bits per heavy atom. The van der Waals surface area contributed by atoms with E-state index in [1.54, 1.807) is 24.1 Å². The normalized spacial score (nSPS) is 18.6. The highest BCUT2D eigenvalue weighted by molar-refractivity contribution is 6.05. The van der Waals surface area contributed by atoms with Crippen LogP contribution in [0.15, 0.2) is 18.2 Å². The van der Waals surface area contributed by atoms with Crippen LogP contribution in [0.1, 0.15) is 23.3 Å². The van der Waals surface area contributed by atoms with Crippen LogP contribution in [0.5, 0.6) is 0 Å². The van der Waals surface area contributed by atoms with Crippen LogP contribution in [-0.4, -0.2) is 47.3 Å². The van der Waals surface area contributed by atoms with Crippen LogP contribution in [0.3, 0.4) is 0 Å². The molecule has 2 aromatic rings. The third-order valence-corrected chi connectivity index (χ3v) is 3.64. The Bertz CT molecular complexity index is 631. The first-order chi connectivity index (χ1) is 9.65. The van der Waals surface area contributed by atoms with Gasteiger partial charge in [-0.1, -0.05) is 0 Å². The van der Waals surface area contributed by atoms with E-state index >= 15 is 0 Å². The minimum atomic E-state index is -0.114. The number of hydrogen-bond acceptors (Lipinski definition) is 4. The molecule has 1 aromatic carbocycles. The smallest absolute Gasteiger partial charge is 0.274 e. The molecule has 3 N–H and O–H groups in total. The molecular weight excluding hydrogens is 256 g/mol. The number of carbonyl (C=O) groups is 1. The second-order valence-electron chi connectivity index (χ2n) is 5.20. The largest absolute Gasteiger partial charge is 0.399 e. The third-order valence-electron chi connectivity index (χ3n) is 3.64. The Kier molecular flexibility index (Phi) is 3.31. The Balaban J connectivity index is 1.82. The average molecular weight is 274 g/mol. The van der Waals surface area contributed by atoms with Crippen molar-refractivity contribution in [1.82, 2.24) is 15.1 Å². The summed E-state index contributed by atoms with van der Waals surface area (Å²) in [7, 11) is 1.77. The van der Waals surface area contributed by atoms with Crippen LogP contribution >= 0.6 is 0 Å². The summed E-state index contributed by atoms with van der Waals surface area (Å²) in [5, 5.41) is 7.74. The number of likely N-dealkylation sites (N-methyl/N-ethyl adjacent to an activating group) is 1. The number of carbonyl (C=O) groups excluding carboxylic acids is 1. The third kappa shape index (κ3) is 2.34. The molecule has 1 fully saturated rings. The number of nitrogens with zero attached hydrogens (tertiary/aromatic N) is 2. The number of nitrogens with two attached hydrogens (primary N) is 1. The molecule has 1 aromatic heterocycles. The van der Waals surface area contributed by atoms with Crippen molar-refractivity contribution in [2.75, 3.05) is 25.9 Å². The molecule has 0 aliphatic carbocycles. The van der Waals surface area contributed by atoms with Crippen LogP contribution in [0.4, 0.5) is 5.69 Å². The minimum absolute atomic E-state index is 0.114. The van der Waals surface area contributed by atoms with Gasteiger partial charge in [-0.25, -0.2) is 0 Å². The van der Waals surface area contributed by atoms with Crippen molar-refractivity contribution in [2.45, 2.75) is 18.9 Å². The topological polar surface area (TPSA) is 84.2 Å². The lowest BCUT2D eigenvalue weighted by molar-refractivity contribution is 0.0584. The molecule has 0 bridgehead atoms. The Morgan fingerprint density at radius 2 is 2.45 bits per heavy atom. The SMILES string of the molecule is CN(CC1CCCO1)C(=O)c1n[nH]c2ccc(N)cc12. The van der Waals surface area contributed by atoms with Crippen molar-refractivity contribution in [3.05, 3.63) is 23.9 Å². The quantitative estimate of drug-likeness (QED) is 0.828. The van der Waals surface area contributed by atoms with Gasteiger partial charge in [0.1, 0.15) is 0 Å². The van der Waals surface area contributed by atoms with Crippen LogP contribution in [-0.2, 0) is 4.74 Å². The number of fused-ring (bicyclic) bond motifs is 1. The summed E-state index contributed by atoms with van der Waals surface area (Å²) in [5.74, 6) is -0.114. The monoisotopic (exact) mass is 274 g/mol. The molecule has 1 unspecified atom stereocenters. The number of aromatic nitrogens is 2.